The highest BCUT2D eigenvalue weighted by Gasteiger charge is 2.43. The SMILES string of the molecule is CCCCN1C(=O)CCC(C(=O)N2CCC(N)CC2)C1c1ccccc1OC.Cl. The van der Waals surface area contributed by atoms with Crippen molar-refractivity contribution < 1.29 is 14.3 Å². The highest BCUT2D eigenvalue weighted by Crippen LogP contribution is 2.41. The number of unbranched alkanes of at least 4 members (excludes halogenated alkanes) is 1. The summed E-state index contributed by atoms with van der Waals surface area (Å²) in [6.07, 6.45) is 4.64. The Morgan fingerprint density at radius 3 is 2.55 bits per heavy atom. The molecule has 29 heavy (non-hydrogen) atoms. The van der Waals surface area contributed by atoms with Crippen LogP contribution in [0, 0.1) is 5.92 Å². The number of methoxy groups -OCH3 is 1. The van der Waals surface area contributed by atoms with E-state index in [1.165, 1.54) is 0 Å². The number of halogens is 1. The van der Waals surface area contributed by atoms with Crippen molar-refractivity contribution >= 4 is 24.2 Å². The fourth-order valence-electron chi connectivity index (χ4n) is 4.45. The first-order valence-electron chi connectivity index (χ1n) is 10.5. The molecular weight excluding hydrogens is 390 g/mol. The zero-order valence-electron chi connectivity index (χ0n) is 17.5. The lowest BCUT2D eigenvalue weighted by molar-refractivity contribution is -0.148. The first-order chi connectivity index (χ1) is 13.6. The average Bonchev–Trinajstić information content (AvgIpc) is 2.72. The molecule has 6 nitrogen and oxygen atoms in total. The number of rotatable bonds is 6. The van der Waals surface area contributed by atoms with E-state index in [9.17, 15) is 9.59 Å². The molecule has 7 heteroatoms. The van der Waals surface area contributed by atoms with E-state index in [4.69, 9.17) is 10.5 Å². The number of piperidine rings is 2. The van der Waals surface area contributed by atoms with Gasteiger partial charge in [0.1, 0.15) is 5.75 Å². The van der Waals surface area contributed by atoms with Crippen LogP contribution in [-0.4, -0.2) is 54.4 Å². The molecule has 3 rings (SSSR count). The second-order valence-corrected chi connectivity index (χ2v) is 7.94. The van der Waals surface area contributed by atoms with Crippen LogP contribution in [0.5, 0.6) is 5.75 Å². The minimum atomic E-state index is -0.271. The topological polar surface area (TPSA) is 75.9 Å². The second kappa shape index (κ2) is 10.8. The van der Waals surface area contributed by atoms with E-state index >= 15 is 0 Å². The van der Waals surface area contributed by atoms with Crippen molar-refractivity contribution in [1.29, 1.82) is 0 Å². The summed E-state index contributed by atoms with van der Waals surface area (Å²) in [6, 6.07) is 7.69. The lowest BCUT2D eigenvalue weighted by Crippen LogP contribution is -2.51. The maximum Gasteiger partial charge on any atom is 0.228 e. The Bertz CT molecular complexity index is 692. The zero-order valence-corrected chi connectivity index (χ0v) is 18.3. The Morgan fingerprint density at radius 2 is 1.90 bits per heavy atom. The first kappa shape index (κ1) is 23.5. The van der Waals surface area contributed by atoms with E-state index in [2.05, 4.69) is 6.92 Å². The molecule has 2 unspecified atom stereocenters. The number of carbonyl (C=O) groups is 2. The van der Waals surface area contributed by atoms with Gasteiger partial charge in [0.25, 0.3) is 0 Å². The van der Waals surface area contributed by atoms with Gasteiger partial charge in [-0.25, -0.2) is 0 Å². The molecule has 0 aromatic heterocycles. The molecule has 2 saturated heterocycles. The van der Waals surface area contributed by atoms with Crippen molar-refractivity contribution in [3.63, 3.8) is 0 Å². The molecular formula is C22H34ClN3O3. The molecule has 2 fully saturated rings. The molecule has 0 spiro atoms. The maximum absolute atomic E-state index is 13.5. The van der Waals surface area contributed by atoms with E-state index in [1.54, 1.807) is 7.11 Å². The Labute approximate surface area is 180 Å². The molecule has 1 aromatic carbocycles. The number of benzene rings is 1. The number of nitrogens with two attached hydrogens (primary N) is 1. The van der Waals surface area contributed by atoms with Crippen LogP contribution in [-0.2, 0) is 9.59 Å². The highest BCUT2D eigenvalue weighted by molar-refractivity contribution is 5.86. The normalized spacial score (nSPS) is 22.9. The number of likely N-dealkylation sites (tertiary alicyclic amines) is 2. The third-order valence-corrected chi connectivity index (χ3v) is 6.09. The van der Waals surface area contributed by atoms with Gasteiger partial charge in [-0.15, -0.1) is 12.4 Å². The number of para-hydroxylation sites is 1. The molecule has 2 aliphatic heterocycles. The molecule has 2 N–H and O–H groups in total. The van der Waals surface area contributed by atoms with Gasteiger partial charge >= 0.3 is 0 Å². The van der Waals surface area contributed by atoms with Gasteiger partial charge in [0.2, 0.25) is 11.8 Å². The summed E-state index contributed by atoms with van der Waals surface area (Å²) in [5, 5.41) is 0. The van der Waals surface area contributed by atoms with Crippen molar-refractivity contribution in [2.24, 2.45) is 11.7 Å². The number of hydrogen-bond donors (Lipinski definition) is 1. The Balaban J connectivity index is 0.00000300. The van der Waals surface area contributed by atoms with E-state index in [1.807, 2.05) is 34.1 Å². The van der Waals surface area contributed by atoms with E-state index in [0.29, 0.717) is 32.5 Å². The Kier molecular flexibility index (Phi) is 8.78. The molecule has 2 amide bonds. The lowest BCUT2D eigenvalue weighted by Gasteiger charge is -2.43. The molecule has 2 heterocycles. The van der Waals surface area contributed by atoms with E-state index < -0.39 is 0 Å². The van der Waals surface area contributed by atoms with Gasteiger partial charge < -0.3 is 20.3 Å². The summed E-state index contributed by atoms with van der Waals surface area (Å²) >= 11 is 0. The maximum atomic E-state index is 13.5. The summed E-state index contributed by atoms with van der Waals surface area (Å²) < 4.78 is 5.59. The predicted molar refractivity (Wildman–Crippen MR) is 116 cm³/mol. The summed E-state index contributed by atoms with van der Waals surface area (Å²) in [7, 11) is 1.64. The molecule has 0 bridgehead atoms. The molecule has 2 atom stereocenters. The summed E-state index contributed by atoms with van der Waals surface area (Å²) in [5.41, 5.74) is 6.95. The standard InChI is InChI=1S/C22H33N3O3.ClH/c1-3-4-13-25-20(26)10-9-18(22(27)24-14-11-16(23)12-15-24)21(25)17-7-5-6-8-19(17)28-2;/h5-8,16,18,21H,3-4,9-15,23H2,1-2H3;1H. The largest absolute Gasteiger partial charge is 0.496 e. The molecule has 0 radical (unpaired) electrons. The third-order valence-electron chi connectivity index (χ3n) is 6.09. The fraction of sp³-hybridized carbons (Fsp3) is 0.636. The first-order valence-corrected chi connectivity index (χ1v) is 10.5. The molecule has 0 aliphatic carbocycles. The monoisotopic (exact) mass is 423 g/mol. The molecule has 1 aromatic rings. The minimum Gasteiger partial charge on any atom is -0.496 e. The Hall–Kier alpha value is -1.79. The van der Waals surface area contributed by atoms with Gasteiger partial charge in [-0.1, -0.05) is 31.5 Å². The van der Waals surface area contributed by atoms with Gasteiger partial charge in [-0.2, -0.15) is 0 Å². The van der Waals surface area contributed by atoms with Gasteiger partial charge in [0.05, 0.1) is 19.1 Å². The number of hydrogen-bond acceptors (Lipinski definition) is 4. The Morgan fingerprint density at radius 1 is 1.21 bits per heavy atom. The van der Waals surface area contributed by atoms with Crippen molar-refractivity contribution in [3.8, 4) is 5.75 Å². The van der Waals surface area contributed by atoms with Gasteiger partial charge in [-0.05, 0) is 31.7 Å². The summed E-state index contributed by atoms with van der Waals surface area (Å²) in [6.45, 7) is 4.20. The van der Waals surface area contributed by atoms with Crippen molar-refractivity contribution in [1.82, 2.24) is 9.80 Å². The quantitative estimate of drug-likeness (QED) is 0.762. The number of amides is 2. The fourth-order valence-corrected chi connectivity index (χ4v) is 4.45. The zero-order chi connectivity index (χ0) is 20.1. The number of carbonyl (C=O) groups excluding carboxylic acids is 2. The molecule has 0 saturated carbocycles. The van der Waals surface area contributed by atoms with Gasteiger partial charge in [0.15, 0.2) is 0 Å². The number of nitrogens with zero attached hydrogens (tertiary/aromatic N) is 2. The minimum absolute atomic E-state index is 0. The third kappa shape index (κ3) is 5.23. The van der Waals surface area contributed by atoms with Crippen LogP contribution in [0.3, 0.4) is 0 Å². The van der Waals surface area contributed by atoms with Crippen molar-refractivity contribution in [2.45, 2.75) is 57.5 Å². The van der Waals surface area contributed by atoms with E-state index in [-0.39, 0.29) is 42.2 Å². The molecule has 2 aliphatic rings. The van der Waals surface area contributed by atoms with Crippen LogP contribution in [0.2, 0.25) is 0 Å². The van der Waals surface area contributed by atoms with Crippen LogP contribution < -0.4 is 10.5 Å². The van der Waals surface area contributed by atoms with Crippen molar-refractivity contribution in [2.75, 3.05) is 26.7 Å². The van der Waals surface area contributed by atoms with E-state index in [0.717, 1.165) is 37.0 Å². The number of ether oxygens (including phenoxy) is 1. The lowest BCUT2D eigenvalue weighted by atomic mass is 9.82. The summed E-state index contributed by atoms with van der Waals surface area (Å²) in [5.74, 6) is 0.785. The van der Waals surface area contributed by atoms with Gasteiger partial charge in [-0.3, -0.25) is 9.59 Å². The van der Waals surface area contributed by atoms with Gasteiger partial charge in [0, 0.05) is 37.7 Å². The van der Waals surface area contributed by atoms with Crippen LogP contribution >= 0.6 is 12.4 Å². The van der Waals surface area contributed by atoms with Crippen molar-refractivity contribution in [3.05, 3.63) is 29.8 Å². The smallest absolute Gasteiger partial charge is 0.228 e. The van der Waals surface area contributed by atoms with Crippen LogP contribution in [0.25, 0.3) is 0 Å². The van der Waals surface area contributed by atoms with Crippen LogP contribution in [0.15, 0.2) is 24.3 Å². The highest BCUT2D eigenvalue weighted by atomic mass is 35.5. The summed E-state index contributed by atoms with van der Waals surface area (Å²) in [4.78, 5) is 30.2. The molecule has 162 valence electrons. The predicted octanol–water partition coefficient (Wildman–Crippen LogP) is 3.15. The van der Waals surface area contributed by atoms with Crippen LogP contribution in [0.4, 0.5) is 0 Å². The second-order valence-electron chi connectivity index (χ2n) is 7.94. The van der Waals surface area contributed by atoms with Crippen LogP contribution in [0.1, 0.15) is 57.1 Å². The average molecular weight is 424 g/mol.